The molecule has 2 rings (SSSR count). The van der Waals surface area contributed by atoms with E-state index in [0.717, 1.165) is 90.6 Å². The van der Waals surface area contributed by atoms with Crippen molar-refractivity contribution in [3.8, 4) is 0 Å². The minimum atomic E-state index is -0.00749. The van der Waals surface area contributed by atoms with E-state index in [1.807, 2.05) is 58.4 Å². The molecule has 376 valence electrons. The summed E-state index contributed by atoms with van der Waals surface area (Å²) in [5, 5.41) is 5.67. The van der Waals surface area contributed by atoms with Gasteiger partial charge in [-0.05, 0) is 95.3 Å². The van der Waals surface area contributed by atoms with Crippen LogP contribution < -0.4 is 10.6 Å². The van der Waals surface area contributed by atoms with Gasteiger partial charge < -0.3 is 20.4 Å². The molecule has 2 aliphatic rings. The number of piperidine rings is 1. The summed E-state index contributed by atoms with van der Waals surface area (Å²) in [5.74, 6) is 1.32. The Bertz CT molecular complexity index is 1410. The van der Waals surface area contributed by atoms with Crippen molar-refractivity contribution in [2.45, 2.75) is 197 Å². The molecule has 2 fully saturated rings. The normalized spacial score (nSPS) is 14.3. The van der Waals surface area contributed by atoms with Gasteiger partial charge in [0.2, 0.25) is 23.6 Å². The number of nitrogens with zero attached hydrogens (tertiary/aromatic N) is 2. The number of hydrogen-bond acceptors (Lipinski definition) is 4. The van der Waals surface area contributed by atoms with Crippen LogP contribution in [0.2, 0.25) is 0 Å². The highest BCUT2D eigenvalue weighted by Gasteiger charge is 2.15. The average molecular weight is 917 g/mol. The molecular weight excluding hydrogens is 817 g/mol. The largest absolute Gasteiger partial charge is 0.352 e. The molecule has 4 amide bonds. The molecule has 0 radical (unpaired) electrons. The maximum Gasteiger partial charge on any atom is 0.246 e. The van der Waals surface area contributed by atoms with Crippen LogP contribution >= 0.6 is 0 Å². The number of likely N-dealkylation sites (tertiary alicyclic amines) is 2. The number of amides is 4. The van der Waals surface area contributed by atoms with Crippen LogP contribution in [0.4, 0.5) is 0 Å². The highest BCUT2D eigenvalue weighted by Crippen LogP contribution is 2.10. The van der Waals surface area contributed by atoms with E-state index in [-0.39, 0.29) is 23.6 Å². The van der Waals surface area contributed by atoms with Crippen LogP contribution in [0.3, 0.4) is 0 Å². The lowest BCUT2D eigenvalue weighted by atomic mass is 10.1. The molecule has 0 spiro atoms. The summed E-state index contributed by atoms with van der Waals surface area (Å²) < 4.78 is 0. The van der Waals surface area contributed by atoms with Crippen LogP contribution in [0, 0.1) is 11.8 Å². The number of nitrogens with one attached hydrogen (secondary N) is 2. The van der Waals surface area contributed by atoms with E-state index in [1.54, 1.807) is 24.3 Å². The monoisotopic (exact) mass is 917 g/mol. The van der Waals surface area contributed by atoms with E-state index in [4.69, 9.17) is 0 Å². The molecule has 0 bridgehead atoms. The Morgan fingerprint density at radius 3 is 1.00 bits per heavy atom. The smallest absolute Gasteiger partial charge is 0.246 e. The van der Waals surface area contributed by atoms with Crippen molar-refractivity contribution in [2.24, 2.45) is 11.8 Å². The molecule has 2 aliphatic heterocycles. The molecule has 0 aromatic rings. The Kier molecular flexibility index (Phi) is 48.6. The molecule has 0 aromatic heterocycles. The first-order chi connectivity index (χ1) is 32.0. The van der Waals surface area contributed by atoms with Crippen LogP contribution in [-0.2, 0) is 19.2 Å². The molecular formula is C58H100N4O4. The first kappa shape index (κ1) is 63.9. The molecule has 8 heteroatoms. The van der Waals surface area contributed by atoms with Gasteiger partial charge in [0, 0.05) is 63.6 Å². The SMILES string of the molecule is CCCCC/C=C/C=C/C(=O)N1CCCC1.CCCCC/C=C/C=C/C(=O)N1CCCCC1.CCCCC/C=C/C=C/C(=O)NCC(C)C.CCCCCC/C=C/C=C/C(=O)NCC(C)C. The lowest BCUT2D eigenvalue weighted by Gasteiger charge is -2.25. The third-order valence-electron chi connectivity index (χ3n) is 10.6. The van der Waals surface area contributed by atoms with Gasteiger partial charge in [-0.15, -0.1) is 0 Å². The predicted molar refractivity (Wildman–Crippen MR) is 286 cm³/mol. The van der Waals surface area contributed by atoms with Crippen molar-refractivity contribution in [3.63, 3.8) is 0 Å². The maximum absolute atomic E-state index is 11.7. The Balaban J connectivity index is 0. The van der Waals surface area contributed by atoms with Crippen LogP contribution in [0.1, 0.15) is 197 Å². The van der Waals surface area contributed by atoms with Crippen molar-refractivity contribution >= 4 is 23.6 Å². The van der Waals surface area contributed by atoms with Crippen molar-refractivity contribution < 1.29 is 19.2 Å². The van der Waals surface area contributed by atoms with Gasteiger partial charge in [0.05, 0.1) is 0 Å². The van der Waals surface area contributed by atoms with E-state index >= 15 is 0 Å². The third kappa shape index (κ3) is 47.8. The number of carbonyl (C=O) groups is 4. The number of rotatable bonds is 29. The van der Waals surface area contributed by atoms with Crippen molar-refractivity contribution in [1.29, 1.82) is 0 Å². The average Bonchev–Trinajstić information content (AvgIpc) is 3.87. The number of unbranched alkanes of at least 4 members (excludes halogenated alkanes) is 13. The lowest BCUT2D eigenvalue weighted by molar-refractivity contribution is -0.127. The predicted octanol–water partition coefficient (Wildman–Crippen LogP) is 14.3. The fourth-order valence-electron chi connectivity index (χ4n) is 6.48. The van der Waals surface area contributed by atoms with Crippen LogP contribution in [0.5, 0.6) is 0 Å². The van der Waals surface area contributed by atoms with E-state index in [1.165, 1.54) is 89.9 Å². The minimum absolute atomic E-state index is 0.00525. The molecule has 0 aliphatic carbocycles. The van der Waals surface area contributed by atoms with Crippen LogP contribution in [0.25, 0.3) is 0 Å². The standard InChI is InChI=1S/C15H25NO.C15H27NO.C14H23NO.C14H25NO/c1-2-3-4-5-6-7-9-12-15(17)16-13-10-8-11-14-16;1-4-5-6-7-8-9-10-11-12-15(17)16-13-14(2)3;1-2-3-4-5-6-7-8-11-14(16)15-12-9-10-13-15;1-4-5-6-7-8-9-10-11-14(16)15-12-13(2)3/h6-7,9,12H,2-5,8,10-11,13-14H2,1H3;9-12,14H,4-8,13H2,1-3H3,(H,16,17);6-8,11H,2-5,9-10,12-13H2,1H3;8-11,13H,4-7,12H2,1-3H3,(H,15,16)/b7-6+,12-9+;10-9+,12-11+;7-6+,11-8+;9-8+,11-10+. The van der Waals surface area contributed by atoms with Crippen molar-refractivity contribution in [2.75, 3.05) is 39.3 Å². The number of allylic oxidation sites excluding steroid dienone is 12. The second-order valence-electron chi connectivity index (χ2n) is 18.2. The topological polar surface area (TPSA) is 98.8 Å². The van der Waals surface area contributed by atoms with Gasteiger partial charge in [-0.25, -0.2) is 0 Å². The zero-order valence-electron chi connectivity index (χ0n) is 43.7. The Hall–Kier alpha value is -4.20. The fraction of sp³-hybridized carbons (Fsp3) is 0.655. The summed E-state index contributed by atoms with van der Waals surface area (Å²) >= 11 is 0. The van der Waals surface area contributed by atoms with E-state index in [0.29, 0.717) is 11.8 Å². The molecule has 0 atom stereocenters. The number of hydrogen-bond donors (Lipinski definition) is 2. The Morgan fingerprint density at radius 2 is 0.682 bits per heavy atom. The Morgan fingerprint density at radius 1 is 0.394 bits per heavy atom. The van der Waals surface area contributed by atoms with Gasteiger partial charge in [-0.3, -0.25) is 19.2 Å². The second kappa shape index (κ2) is 50.2. The van der Waals surface area contributed by atoms with Crippen LogP contribution in [-0.4, -0.2) is 72.7 Å². The van der Waals surface area contributed by atoms with Gasteiger partial charge in [-0.1, -0.05) is 186 Å². The lowest BCUT2D eigenvalue weighted by Crippen LogP contribution is -2.34. The van der Waals surface area contributed by atoms with Gasteiger partial charge in [0.1, 0.15) is 0 Å². The summed E-state index contributed by atoms with van der Waals surface area (Å²) in [5.41, 5.74) is 0. The van der Waals surface area contributed by atoms with Gasteiger partial charge in [-0.2, -0.15) is 0 Å². The summed E-state index contributed by atoms with van der Waals surface area (Å²) in [6.07, 6.45) is 57.2. The first-order valence-electron chi connectivity index (χ1n) is 26.5. The summed E-state index contributed by atoms with van der Waals surface area (Å²) in [4.78, 5) is 49.7. The summed E-state index contributed by atoms with van der Waals surface area (Å²) in [6, 6.07) is 0. The third-order valence-corrected chi connectivity index (χ3v) is 10.6. The van der Waals surface area contributed by atoms with E-state index in [2.05, 4.69) is 90.3 Å². The molecule has 2 heterocycles. The maximum atomic E-state index is 11.7. The molecule has 0 aromatic carbocycles. The zero-order valence-corrected chi connectivity index (χ0v) is 43.7. The number of carbonyl (C=O) groups excluding carboxylic acids is 4. The van der Waals surface area contributed by atoms with Crippen molar-refractivity contribution in [1.82, 2.24) is 20.4 Å². The summed E-state index contributed by atoms with van der Waals surface area (Å²) in [6.45, 7) is 22.4. The fourth-order valence-corrected chi connectivity index (χ4v) is 6.48. The minimum Gasteiger partial charge on any atom is -0.352 e. The van der Waals surface area contributed by atoms with Gasteiger partial charge in [0.15, 0.2) is 0 Å². The first-order valence-corrected chi connectivity index (χ1v) is 26.5. The second-order valence-corrected chi connectivity index (χ2v) is 18.2. The molecule has 0 unspecified atom stereocenters. The van der Waals surface area contributed by atoms with E-state index in [9.17, 15) is 19.2 Å². The molecule has 8 nitrogen and oxygen atoms in total. The van der Waals surface area contributed by atoms with Crippen molar-refractivity contribution in [3.05, 3.63) is 97.2 Å². The molecule has 2 saturated heterocycles. The van der Waals surface area contributed by atoms with Gasteiger partial charge >= 0.3 is 0 Å². The molecule has 0 saturated carbocycles. The summed E-state index contributed by atoms with van der Waals surface area (Å²) in [7, 11) is 0. The van der Waals surface area contributed by atoms with Gasteiger partial charge in [0.25, 0.3) is 0 Å². The Labute approximate surface area is 406 Å². The highest BCUT2D eigenvalue weighted by atomic mass is 16.2. The molecule has 2 N–H and O–H groups in total. The highest BCUT2D eigenvalue weighted by molar-refractivity contribution is 5.89. The van der Waals surface area contributed by atoms with E-state index < -0.39 is 0 Å². The quantitative estimate of drug-likeness (QED) is 0.0444. The zero-order chi connectivity index (χ0) is 49.1. The molecule has 66 heavy (non-hydrogen) atoms. The van der Waals surface area contributed by atoms with Crippen LogP contribution in [0.15, 0.2) is 97.2 Å².